The van der Waals surface area contributed by atoms with Crippen LogP contribution in [-0.2, 0) is 0 Å². The summed E-state index contributed by atoms with van der Waals surface area (Å²) in [5.41, 5.74) is 1.45. The van der Waals surface area contributed by atoms with Crippen LogP contribution >= 0.6 is 11.8 Å². The molecule has 1 fully saturated rings. The zero-order chi connectivity index (χ0) is 16.0. The van der Waals surface area contributed by atoms with Crippen molar-refractivity contribution >= 4 is 17.7 Å². The molecule has 3 nitrogen and oxygen atoms in total. The van der Waals surface area contributed by atoms with Crippen molar-refractivity contribution < 1.29 is 0 Å². The molecule has 1 unspecified atom stereocenters. The molecule has 0 aliphatic carbocycles. The van der Waals surface area contributed by atoms with Gasteiger partial charge in [-0.2, -0.15) is 11.8 Å². The van der Waals surface area contributed by atoms with Crippen LogP contribution in [-0.4, -0.2) is 48.0 Å². The van der Waals surface area contributed by atoms with Crippen LogP contribution in [0.15, 0.2) is 35.3 Å². The first-order chi connectivity index (χ1) is 10.6. The van der Waals surface area contributed by atoms with Crippen molar-refractivity contribution in [3.63, 3.8) is 0 Å². The Morgan fingerprint density at radius 3 is 2.73 bits per heavy atom. The second-order valence-corrected chi connectivity index (χ2v) is 7.99. The van der Waals surface area contributed by atoms with Gasteiger partial charge in [-0.1, -0.05) is 30.3 Å². The number of thioether (sulfide) groups is 1. The maximum atomic E-state index is 4.88. The first-order valence-electron chi connectivity index (χ1n) is 8.19. The quantitative estimate of drug-likeness (QED) is 0.664. The lowest BCUT2D eigenvalue weighted by Gasteiger charge is -2.25. The van der Waals surface area contributed by atoms with Crippen LogP contribution in [0.25, 0.3) is 0 Å². The second kappa shape index (κ2) is 7.91. The van der Waals surface area contributed by atoms with E-state index in [9.17, 15) is 0 Å². The molecule has 1 aromatic rings. The summed E-state index contributed by atoms with van der Waals surface area (Å²) in [5, 5.41) is 3.46. The first-order valence-corrected chi connectivity index (χ1v) is 9.41. The van der Waals surface area contributed by atoms with E-state index < -0.39 is 0 Å². The van der Waals surface area contributed by atoms with Crippen LogP contribution in [0.1, 0.15) is 38.7 Å². The van der Waals surface area contributed by atoms with Gasteiger partial charge in [0.2, 0.25) is 0 Å². The van der Waals surface area contributed by atoms with Crippen molar-refractivity contribution in [2.24, 2.45) is 4.99 Å². The summed E-state index contributed by atoms with van der Waals surface area (Å²) in [7, 11) is 0. The van der Waals surface area contributed by atoms with Gasteiger partial charge in [-0.3, -0.25) is 4.99 Å². The summed E-state index contributed by atoms with van der Waals surface area (Å²) < 4.78 is 0.194. The van der Waals surface area contributed by atoms with E-state index in [4.69, 9.17) is 4.99 Å². The van der Waals surface area contributed by atoms with Crippen LogP contribution in [0, 0.1) is 0 Å². The number of guanidine groups is 1. The molecule has 2 rings (SSSR count). The molecule has 1 atom stereocenters. The normalized spacial score (nSPS) is 19.5. The van der Waals surface area contributed by atoms with Crippen molar-refractivity contribution in [1.29, 1.82) is 0 Å². The molecule has 4 heteroatoms. The summed E-state index contributed by atoms with van der Waals surface area (Å²) in [6, 6.07) is 10.9. The van der Waals surface area contributed by atoms with Crippen molar-refractivity contribution in [3.05, 3.63) is 35.9 Å². The van der Waals surface area contributed by atoms with E-state index in [0.29, 0.717) is 5.92 Å². The summed E-state index contributed by atoms with van der Waals surface area (Å²) in [6.07, 6.45) is 3.37. The minimum Gasteiger partial charge on any atom is -0.357 e. The highest BCUT2D eigenvalue weighted by Crippen LogP contribution is 2.27. The smallest absolute Gasteiger partial charge is 0.193 e. The third kappa shape index (κ3) is 4.67. The number of benzene rings is 1. The molecule has 1 saturated heterocycles. The predicted molar refractivity (Wildman–Crippen MR) is 98.9 cm³/mol. The molecule has 0 saturated carbocycles. The van der Waals surface area contributed by atoms with Crippen molar-refractivity contribution in [2.75, 3.05) is 32.4 Å². The first kappa shape index (κ1) is 17.2. The molecule has 1 aromatic carbocycles. The van der Waals surface area contributed by atoms with Crippen LogP contribution in [0.5, 0.6) is 0 Å². The van der Waals surface area contributed by atoms with Gasteiger partial charge in [-0.05, 0) is 39.0 Å². The van der Waals surface area contributed by atoms with Crippen LogP contribution < -0.4 is 5.32 Å². The summed E-state index contributed by atoms with van der Waals surface area (Å²) in [4.78, 5) is 7.29. The molecule has 1 N–H and O–H groups in total. The van der Waals surface area contributed by atoms with E-state index >= 15 is 0 Å². The standard InChI is InChI=1S/C18H29N3S/c1-5-19-17(20-14-18(2,3)22-4)21-12-11-16(13-21)15-9-7-6-8-10-15/h6-10,16H,5,11-14H2,1-4H3,(H,19,20). The van der Waals surface area contributed by atoms with Gasteiger partial charge in [0.25, 0.3) is 0 Å². The van der Waals surface area contributed by atoms with E-state index in [0.717, 1.165) is 32.1 Å². The summed E-state index contributed by atoms with van der Waals surface area (Å²) in [5.74, 6) is 1.70. The zero-order valence-electron chi connectivity index (χ0n) is 14.3. The number of hydrogen-bond acceptors (Lipinski definition) is 2. The SMILES string of the molecule is CCNC(=NCC(C)(C)SC)N1CCC(c2ccccc2)C1. The third-order valence-corrected chi connectivity index (χ3v) is 5.49. The van der Waals surface area contributed by atoms with Gasteiger partial charge in [-0.25, -0.2) is 0 Å². The predicted octanol–water partition coefficient (Wildman–Crippen LogP) is 3.58. The number of nitrogens with zero attached hydrogens (tertiary/aromatic N) is 2. The molecular formula is C18H29N3S. The third-order valence-electron chi connectivity index (χ3n) is 4.26. The van der Waals surface area contributed by atoms with Crippen molar-refractivity contribution in [2.45, 2.75) is 37.9 Å². The van der Waals surface area contributed by atoms with Gasteiger partial charge < -0.3 is 10.2 Å². The van der Waals surface area contributed by atoms with Crippen LogP contribution in [0.4, 0.5) is 0 Å². The fourth-order valence-electron chi connectivity index (χ4n) is 2.71. The molecule has 0 radical (unpaired) electrons. The highest BCUT2D eigenvalue weighted by atomic mass is 32.2. The average molecular weight is 320 g/mol. The molecule has 1 heterocycles. The molecule has 22 heavy (non-hydrogen) atoms. The molecule has 0 amide bonds. The largest absolute Gasteiger partial charge is 0.357 e. The van der Waals surface area contributed by atoms with Gasteiger partial charge in [0.15, 0.2) is 5.96 Å². The number of nitrogens with one attached hydrogen (secondary N) is 1. The topological polar surface area (TPSA) is 27.6 Å². The number of likely N-dealkylation sites (tertiary alicyclic amines) is 1. The van der Waals surface area contributed by atoms with Crippen LogP contribution in [0.2, 0.25) is 0 Å². The second-order valence-electron chi connectivity index (χ2n) is 6.48. The Morgan fingerprint density at radius 1 is 1.36 bits per heavy atom. The molecular weight excluding hydrogens is 290 g/mol. The maximum Gasteiger partial charge on any atom is 0.193 e. The monoisotopic (exact) mass is 319 g/mol. The van der Waals surface area contributed by atoms with E-state index in [-0.39, 0.29) is 4.75 Å². The van der Waals surface area contributed by atoms with E-state index in [1.807, 2.05) is 11.8 Å². The van der Waals surface area contributed by atoms with Gasteiger partial charge in [-0.15, -0.1) is 0 Å². The Kier molecular flexibility index (Phi) is 6.18. The fraction of sp³-hybridized carbons (Fsp3) is 0.611. The lowest BCUT2D eigenvalue weighted by molar-refractivity contribution is 0.484. The van der Waals surface area contributed by atoms with Gasteiger partial charge in [0, 0.05) is 30.3 Å². The Bertz CT molecular complexity index is 484. The van der Waals surface area contributed by atoms with E-state index in [2.05, 4.69) is 67.6 Å². The summed E-state index contributed by atoms with van der Waals surface area (Å²) in [6.45, 7) is 10.6. The number of rotatable bonds is 5. The summed E-state index contributed by atoms with van der Waals surface area (Å²) >= 11 is 1.87. The Hall–Kier alpha value is -1.16. The number of aliphatic imine (C=N–C) groups is 1. The fourth-order valence-corrected chi connectivity index (χ4v) is 2.90. The van der Waals surface area contributed by atoms with Crippen molar-refractivity contribution in [3.8, 4) is 0 Å². The van der Waals surface area contributed by atoms with Gasteiger partial charge in [0.1, 0.15) is 0 Å². The minimum absolute atomic E-state index is 0.194. The molecule has 0 aromatic heterocycles. The van der Waals surface area contributed by atoms with Gasteiger partial charge >= 0.3 is 0 Å². The Morgan fingerprint density at radius 2 is 2.09 bits per heavy atom. The Labute approximate surface area is 139 Å². The lowest BCUT2D eigenvalue weighted by atomic mass is 9.99. The number of hydrogen-bond donors (Lipinski definition) is 1. The highest BCUT2D eigenvalue weighted by molar-refractivity contribution is 7.99. The molecule has 1 aliphatic heterocycles. The van der Waals surface area contributed by atoms with Gasteiger partial charge in [0.05, 0.1) is 6.54 Å². The molecule has 1 aliphatic rings. The van der Waals surface area contributed by atoms with E-state index in [1.165, 1.54) is 12.0 Å². The molecule has 122 valence electrons. The molecule has 0 bridgehead atoms. The Balaban J connectivity index is 2.03. The molecule has 0 spiro atoms. The minimum atomic E-state index is 0.194. The maximum absolute atomic E-state index is 4.88. The lowest BCUT2D eigenvalue weighted by Crippen LogP contribution is -2.40. The van der Waals surface area contributed by atoms with Crippen molar-refractivity contribution in [1.82, 2.24) is 10.2 Å². The van der Waals surface area contributed by atoms with E-state index in [1.54, 1.807) is 0 Å². The van der Waals surface area contributed by atoms with Crippen LogP contribution in [0.3, 0.4) is 0 Å². The zero-order valence-corrected chi connectivity index (χ0v) is 15.1. The average Bonchev–Trinajstić information content (AvgIpc) is 3.02. The highest BCUT2D eigenvalue weighted by Gasteiger charge is 2.26.